The highest BCUT2D eigenvalue weighted by atomic mass is 35.5. The first-order valence-corrected chi connectivity index (χ1v) is 5.21. The van der Waals surface area contributed by atoms with Crippen LogP contribution in [0, 0.1) is 0 Å². The molecular formula is C3H2Cl2OS2. The number of halogens is 2. The van der Waals surface area contributed by atoms with Gasteiger partial charge in [-0.15, -0.1) is 11.6 Å². The van der Waals surface area contributed by atoms with Crippen molar-refractivity contribution in [3.8, 4) is 0 Å². The molecule has 0 saturated carbocycles. The second-order valence-corrected chi connectivity index (χ2v) is 5.29. The minimum absolute atomic E-state index is 0.294. The molecule has 1 aliphatic heterocycles. The first-order chi connectivity index (χ1) is 3.70. The van der Waals surface area contributed by atoms with Gasteiger partial charge in [0.05, 0.1) is 5.03 Å². The van der Waals surface area contributed by atoms with Crippen LogP contribution in [0.5, 0.6) is 0 Å². The van der Waals surface area contributed by atoms with E-state index in [-0.39, 0.29) is 4.71 Å². The Balaban J connectivity index is 2.73. The summed E-state index contributed by atoms with van der Waals surface area (Å²) >= 11 is 11.0. The highest BCUT2D eigenvalue weighted by Crippen LogP contribution is 2.36. The molecule has 1 rings (SSSR count). The fraction of sp³-hybridized carbons (Fsp3) is 0.333. The van der Waals surface area contributed by atoms with E-state index in [0.29, 0.717) is 5.03 Å². The molecule has 0 saturated heterocycles. The molecule has 0 fully saturated rings. The Morgan fingerprint density at radius 3 is 2.62 bits per heavy atom. The Labute approximate surface area is 63.3 Å². The molecule has 46 valence electrons. The van der Waals surface area contributed by atoms with Gasteiger partial charge in [-0.05, 0) is 10.8 Å². The first kappa shape index (κ1) is 6.93. The lowest BCUT2D eigenvalue weighted by Crippen LogP contribution is -1.81. The van der Waals surface area contributed by atoms with E-state index in [2.05, 4.69) is 0 Å². The van der Waals surface area contributed by atoms with Gasteiger partial charge in [0.15, 0.2) is 0 Å². The van der Waals surface area contributed by atoms with Gasteiger partial charge in [-0.2, -0.15) is 0 Å². The van der Waals surface area contributed by atoms with Gasteiger partial charge in [-0.3, -0.25) is 0 Å². The summed E-state index contributed by atoms with van der Waals surface area (Å²) in [6.45, 7) is 0. The van der Waals surface area contributed by atoms with Crippen molar-refractivity contribution in [2.45, 2.75) is 4.71 Å². The Bertz CT molecular complexity index is 155. The Morgan fingerprint density at radius 2 is 2.50 bits per heavy atom. The zero-order valence-electron chi connectivity index (χ0n) is 3.64. The summed E-state index contributed by atoms with van der Waals surface area (Å²) in [6, 6.07) is 0. The highest BCUT2D eigenvalue weighted by Gasteiger charge is 2.20. The molecule has 0 spiro atoms. The monoisotopic (exact) mass is 188 g/mol. The van der Waals surface area contributed by atoms with Crippen molar-refractivity contribution in [3.63, 3.8) is 0 Å². The van der Waals surface area contributed by atoms with E-state index < -0.39 is 9.83 Å². The van der Waals surface area contributed by atoms with Crippen LogP contribution in [0.2, 0.25) is 0 Å². The zero-order valence-corrected chi connectivity index (χ0v) is 6.78. The van der Waals surface area contributed by atoms with E-state index >= 15 is 0 Å². The number of rotatable bonds is 0. The number of hydrogen-bond acceptors (Lipinski definition) is 2. The predicted molar refractivity (Wildman–Crippen MR) is 39.3 cm³/mol. The maximum atomic E-state index is 10.5. The summed E-state index contributed by atoms with van der Waals surface area (Å²) in [6.07, 6.45) is 0. The Morgan fingerprint density at radius 1 is 1.88 bits per heavy atom. The van der Waals surface area contributed by atoms with Crippen LogP contribution in [0.1, 0.15) is 0 Å². The molecule has 0 amide bonds. The molecule has 1 aliphatic rings. The Hall–Kier alpha value is 0.820. The largest absolute Gasteiger partial charge is 0.243 e. The summed E-state index contributed by atoms with van der Waals surface area (Å²) in [5.74, 6) is 0. The van der Waals surface area contributed by atoms with Crippen molar-refractivity contribution < 1.29 is 4.21 Å². The van der Waals surface area contributed by atoms with Crippen molar-refractivity contribution in [2.75, 3.05) is 0 Å². The third-order valence-corrected chi connectivity index (χ3v) is 4.62. The molecule has 1 nitrogen and oxygen atoms in total. The molecule has 2 unspecified atom stereocenters. The van der Waals surface area contributed by atoms with Crippen LogP contribution in [-0.2, 0) is 9.83 Å². The van der Waals surface area contributed by atoms with Gasteiger partial charge in [0.25, 0.3) is 0 Å². The molecule has 8 heavy (non-hydrogen) atoms. The fourth-order valence-electron chi connectivity index (χ4n) is 0.302. The lowest BCUT2D eigenvalue weighted by molar-refractivity contribution is 0.696. The molecule has 0 aromatic rings. The van der Waals surface area contributed by atoms with Gasteiger partial charge >= 0.3 is 0 Å². The molecule has 0 N–H and O–H groups in total. The molecule has 0 radical (unpaired) electrons. The molecule has 1 heterocycles. The standard InChI is InChI=1S/C3H2Cl2OS2/c4-2-1-8(6)7-3(2)5/h1,3H. The first-order valence-electron chi connectivity index (χ1n) is 1.79. The van der Waals surface area contributed by atoms with Gasteiger partial charge in [0.2, 0.25) is 0 Å². The van der Waals surface area contributed by atoms with Gasteiger partial charge < -0.3 is 0 Å². The molecule has 0 aromatic carbocycles. The second-order valence-electron chi connectivity index (χ2n) is 1.18. The molecular weight excluding hydrogens is 187 g/mol. The normalized spacial score (nSPS) is 37.5. The van der Waals surface area contributed by atoms with Crippen molar-refractivity contribution >= 4 is 43.8 Å². The van der Waals surface area contributed by atoms with E-state index in [1.807, 2.05) is 0 Å². The lowest BCUT2D eigenvalue weighted by Gasteiger charge is -1.91. The van der Waals surface area contributed by atoms with E-state index in [9.17, 15) is 4.21 Å². The van der Waals surface area contributed by atoms with Crippen LogP contribution in [0.3, 0.4) is 0 Å². The van der Waals surface area contributed by atoms with Crippen molar-refractivity contribution in [3.05, 3.63) is 10.4 Å². The quantitative estimate of drug-likeness (QED) is 0.428. The molecule has 0 bridgehead atoms. The van der Waals surface area contributed by atoms with Gasteiger partial charge in [-0.1, -0.05) is 11.6 Å². The molecule has 0 aromatic heterocycles. The number of hydrogen-bond donors (Lipinski definition) is 0. The average Bonchev–Trinajstić information content (AvgIpc) is 1.85. The molecule has 2 atom stereocenters. The summed E-state index contributed by atoms with van der Waals surface area (Å²) in [4.78, 5) is 0. The topological polar surface area (TPSA) is 17.1 Å². The SMILES string of the molecule is O=S1C=C(Cl)C(Cl)S1. The minimum Gasteiger partial charge on any atom is -0.243 e. The summed E-state index contributed by atoms with van der Waals surface area (Å²) in [5.41, 5.74) is 0. The Kier molecular flexibility index (Phi) is 2.26. The van der Waals surface area contributed by atoms with E-state index in [0.717, 1.165) is 10.8 Å². The van der Waals surface area contributed by atoms with Crippen LogP contribution in [-0.4, -0.2) is 8.92 Å². The maximum absolute atomic E-state index is 10.5. The average molecular weight is 189 g/mol. The third kappa shape index (κ3) is 1.41. The van der Waals surface area contributed by atoms with Crippen LogP contribution in [0.25, 0.3) is 0 Å². The van der Waals surface area contributed by atoms with Gasteiger partial charge in [0.1, 0.15) is 14.5 Å². The zero-order chi connectivity index (χ0) is 6.15. The summed E-state index contributed by atoms with van der Waals surface area (Å²) < 4.78 is 10.2. The predicted octanol–water partition coefficient (Wildman–Crippen LogP) is 2.04. The van der Waals surface area contributed by atoms with Crippen LogP contribution in [0.15, 0.2) is 10.4 Å². The maximum Gasteiger partial charge on any atom is 0.128 e. The van der Waals surface area contributed by atoms with Crippen LogP contribution in [0.4, 0.5) is 0 Å². The minimum atomic E-state index is -0.992. The molecule has 5 heteroatoms. The smallest absolute Gasteiger partial charge is 0.128 e. The lowest BCUT2D eigenvalue weighted by atomic mass is 10.7. The summed E-state index contributed by atoms with van der Waals surface area (Å²) in [5, 5.41) is 1.93. The fourth-order valence-corrected chi connectivity index (χ4v) is 3.86. The second kappa shape index (κ2) is 2.60. The van der Waals surface area contributed by atoms with E-state index in [1.54, 1.807) is 0 Å². The van der Waals surface area contributed by atoms with Crippen LogP contribution >= 0.6 is 34.0 Å². The van der Waals surface area contributed by atoms with Crippen molar-refractivity contribution in [2.24, 2.45) is 0 Å². The highest BCUT2D eigenvalue weighted by molar-refractivity contribution is 8.71. The van der Waals surface area contributed by atoms with E-state index in [1.165, 1.54) is 5.41 Å². The third-order valence-electron chi connectivity index (χ3n) is 0.605. The summed E-state index contributed by atoms with van der Waals surface area (Å²) in [7, 11) is 0.149. The van der Waals surface area contributed by atoms with Gasteiger partial charge in [-0.25, -0.2) is 4.21 Å². The van der Waals surface area contributed by atoms with E-state index in [4.69, 9.17) is 23.2 Å². The van der Waals surface area contributed by atoms with Crippen molar-refractivity contribution in [1.29, 1.82) is 0 Å². The van der Waals surface area contributed by atoms with Gasteiger partial charge in [0, 0.05) is 5.41 Å². The molecule has 0 aliphatic carbocycles. The number of alkyl halides is 1. The van der Waals surface area contributed by atoms with Crippen molar-refractivity contribution in [1.82, 2.24) is 0 Å². The van der Waals surface area contributed by atoms with Crippen LogP contribution < -0.4 is 0 Å².